The van der Waals surface area contributed by atoms with Gasteiger partial charge in [0.05, 0.1) is 11.0 Å². The van der Waals surface area contributed by atoms with Crippen LogP contribution in [0.4, 0.5) is 0 Å². The van der Waals surface area contributed by atoms with E-state index in [1.54, 1.807) is 22.8 Å². The summed E-state index contributed by atoms with van der Waals surface area (Å²) < 4.78 is 1.60. The van der Waals surface area contributed by atoms with Gasteiger partial charge in [0.25, 0.3) is 0 Å². The number of phenols is 1. The first kappa shape index (κ1) is 11.7. The predicted molar refractivity (Wildman–Crippen MR) is 67.1 cm³/mol. The summed E-state index contributed by atoms with van der Waals surface area (Å²) in [4.78, 5) is 14.5. The number of aromatic amines is 1. The van der Waals surface area contributed by atoms with Crippen LogP contribution in [0.1, 0.15) is 20.3 Å². The number of imidazole rings is 1. The van der Waals surface area contributed by atoms with E-state index >= 15 is 0 Å². The zero-order chi connectivity index (χ0) is 12.6. The molecule has 0 atom stereocenters. The second-order valence-corrected chi connectivity index (χ2v) is 5.02. The lowest BCUT2D eigenvalue weighted by Crippen LogP contribution is -2.34. The largest absolute Gasteiger partial charge is 0.508 e. The average molecular weight is 235 g/mol. The predicted octanol–water partition coefficient (Wildman–Crippen LogP) is 1.16. The molecule has 2 aromatic rings. The van der Waals surface area contributed by atoms with Gasteiger partial charge in [-0.2, -0.15) is 0 Å². The molecule has 0 aliphatic carbocycles. The molecule has 1 aromatic heterocycles. The molecule has 1 heterocycles. The van der Waals surface area contributed by atoms with E-state index in [2.05, 4.69) is 4.98 Å². The van der Waals surface area contributed by atoms with Crippen molar-refractivity contribution in [1.29, 1.82) is 0 Å². The molecule has 0 spiro atoms. The van der Waals surface area contributed by atoms with Gasteiger partial charge in [-0.25, -0.2) is 4.79 Å². The Balaban J connectivity index is 2.42. The minimum atomic E-state index is -0.320. The van der Waals surface area contributed by atoms with Gasteiger partial charge in [-0.05, 0) is 32.4 Å². The van der Waals surface area contributed by atoms with E-state index in [9.17, 15) is 9.90 Å². The highest BCUT2D eigenvalue weighted by Gasteiger charge is 2.13. The van der Waals surface area contributed by atoms with E-state index in [4.69, 9.17) is 5.73 Å². The van der Waals surface area contributed by atoms with Gasteiger partial charge in [0.2, 0.25) is 0 Å². The first-order chi connectivity index (χ1) is 7.87. The van der Waals surface area contributed by atoms with Crippen molar-refractivity contribution in [3.05, 3.63) is 28.7 Å². The van der Waals surface area contributed by atoms with Gasteiger partial charge in [0, 0.05) is 18.2 Å². The van der Waals surface area contributed by atoms with Gasteiger partial charge in [-0.15, -0.1) is 0 Å². The lowest BCUT2D eigenvalue weighted by atomic mass is 10.0. The Kier molecular flexibility index (Phi) is 2.71. The van der Waals surface area contributed by atoms with Crippen molar-refractivity contribution in [3.8, 4) is 5.75 Å². The second kappa shape index (κ2) is 3.92. The number of hydrogen-bond donors (Lipinski definition) is 3. The highest BCUT2D eigenvalue weighted by Crippen LogP contribution is 2.18. The third kappa shape index (κ3) is 2.50. The quantitative estimate of drug-likeness (QED) is 0.746. The van der Waals surface area contributed by atoms with E-state index in [1.807, 2.05) is 13.8 Å². The molecule has 0 aliphatic rings. The molecule has 5 heteroatoms. The molecule has 2 rings (SSSR count). The van der Waals surface area contributed by atoms with Crippen molar-refractivity contribution in [2.75, 3.05) is 0 Å². The summed E-state index contributed by atoms with van der Waals surface area (Å²) in [5.74, 6) is 0.150. The molecule has 0 aliphatic heterocycles. The third-order valence-corrected chi connectivity index (χ3v) is 2.74. The number of fused-ring (bicyclic) bond motifs is 1. The molecule has 0 radical (unpaired) electrons. The maximum atomic E-state index is 11.8. The van der Waals surface area contributed by atoms with Crippen molar-refractivity contribution >= 4 is 11.0 Å². The van der Waals surface area contributed by atoms with E-state index in [-0.39, 0.29) is 17.0 Å². The van der Waals surface area contributed by atoms with Crippen LogP contribution in [0, 0.1) is 0 Å². The molecule has 0 saturated heterocycles. The van der Waals surface area contributed by atoms with Crippen molar-refractivity contribution in [1.82, 2.24) is 9.55 Å². The normalized spacial score (nSPS) is 12.2. The fourth-order valence-corrected chi connectivity index (χ4v) is 1.76. The molecule has 1 aromatic carbocycles. The van der Waals surface area contributed by atoms with E-state index in [0.717, 1.165) is 5.52 Å². The molecule has 5 nitrogen and oxygen atoms in total. The number of rotatable bonds is 3. The number of nitrogens with zero attached hydrogens (tertiary/aromatic N) is 1. The Morgan fingerprint density at radius 2 is 2.18 bits per heavy atom. The van der Waals surface area contributed by atoms with Crippen molar-refractivity contribution in [2.45, 2.75) is 32.4 Å². The zero-order valence-electron chi connectivity index (χ0n) is 10.0. The maximum absolute atomic E-state index is 11.8. The van der Waals surface area contributed by atoms with Gasteiger partial charge in [-0.3, -0.25) is 4.57 Å². The van der Waals surface area contributed by atoms with Crippen LogP contribution < -0.4 is 11.4 Å². The van der Waals surface area contributed by atoms with E-state index in [1.165, 1.54) is 0 Å². The van der Waals surface area contributed by atoms with Crippen LogP contribution in [-0.2, 0) is 6.54 Å². The van der Waals surface area contributed by atoms with Crippen molar-refractivity contribution in [2.24, 2.45) is 5.73 Å². The maximum Gasteiger partial charge on any atom is 0.326 e. The number of aryl methyl sites for hydroxylation is 1. The number of H-pyrrole nitrogens is 1. The standard InChI is InChI=1S/C12H17N3O2/c1-12(2,13)5-6-15-10-7-8(16)3-4-9(10)14-11(15)17/h3-4,7,16H,5-6,13H2,1-2H3,(H,14,17). The smallest absolute Gasteiger partial charge is 0.326 e. The molecule has 92 valence electrons. The molecule has 17 heavy (non-hydrogen) atoms. The average Bonchev–Trinajstić information content (AvgIpc) is 2.49. The Labute approximate surface area is 98.9 Å². The number of nitrogens with one attached hydrogen (secondary N) is 1. The molecular formula is C12H17N3O2. The zero-order valence-corrected chi connectivity index (χ0v) is 10.0. The van der Waals surface area contributed by atoms with Crippen LogP contribution in [0.3, 0.4) is 0 Å². The second-order valence-electron chi connectivity index (χ2n) is 5.02. The fraction of sp³-hybridized carbons (Fsp3) is 0.417. The number of aromatic nitrogens is 2. The van der Waals surface area contributed by atoms with Gasteiger partial charge < -0.3 is 15.8 Å². The van der Waals surface area contributed by atoms with Gasteiger partial charge in [-0.1, -0.05) is 0 Å². The Morgan fingerprint density at radius 3 is 2.82 bits per heavy atom. The van der Waals surface area contributed by atoms with E-state index in [0.29, 0.717) is 18.5 Å². The third-order valence-electron chi connectivity index (χ3n) is 2.74. The molecule has 0 bridgehead atoms. The topological polar surface area (TPSA) is 84.0 Å². The number of phenolic OH excluding ortho intramolecular Hbond substituents is 1. The minimum absolute atomic E-state index is 0.150. The molecular weight excluding hydrogens is 218 g/mol. The van der Waals surface area contributed by atoms with Gasteiger partial charge >= 0.3 is 5.69 Å². The molecule has 0 amide bonds. The number of nitrogens with two attached hydrogens (primary N) is 1. The minimum Gasteiger partial charge on any atom is -0.508 e. The summed E-state index contributed by atoms with van der Waals surface area (Å²) in [6.45, 7) is 4.38. The van der Waals surface area contributed by atoms with Crippen LogP contribution in [0.2, 0.25) is 0 Å². The number of aromatic hydroxyl groups is 1. The molecule has 0 unspecified atom stereocenters. The molecule has 0 fully saturated rings. The Morgan fingerprint density at radius 1 is 1.47 bits per heavy atom. The first-order valence-corrected chi connectivity index (χ1v) is 5.57. The SMILES string of the molecule is CC(C)(N)CCn1c(=O)[nH]c2ccc(O)cc21. The number of benzene rings is 1. The van der Waals surface area contributed by atoms with Crippen LogP contribution in [-0.4, -0.2) is 20.2 Å². The summed E-state index contributed by atoms with van der Waals surface area (Å²) in [5.41, 5.74) is 6.84. The molecule has 4 N–H and O–H groups in total. The van der Waals surface area contributed by atoms with Crippen LogP contribution >= 0.6 is 0 Å². The van der Waals surface area contributed by atoms with Crippen LogP contribution in [0.15, 0.2) is 23.0 Å². The summed E-state index contributed by atoms with van der Waals surface area (Å²) in [5, 5.41) is 9.44. The first-order valence-electron chi connectivity index (χ1n) is 5.57. The summed E-state index contributed by atoms with van der Waals surface area (Å²) >= 11 is 0. The van der Waals surface area contributed by atoms with Crippen LogP contribution in [0.5, 0.6) is 5.75 Å². The Hall–Kier alpha value is -1.75. The highest BCUT2D eigenvalue weighted by atomic mass is 16.3. The highest BCUT2D eigenvalue weighted by molar-refractivity contribution is 5.76. The lowest BCUT2D eigenvalue weighted by molar-refractivity contribution is 0.436. The van der Waals surface area contributed by atoms with Crippen molar-refractivity contribution in [3.63, 3.8) is 0 Å². The fourth-order valence-electron chi connectivity index (χ4n) is 1.76. The van der Waals surface area contributed by atoms with E-state index < -0.39 is 0 Å². The monoisotopic (exact) mass is 235 g/mol. The lowest BCUT2D eigenvalue weighted by Gasteiger charge is -2.18. The summed E-state index contributed by atoms with van der Waals surface area (Å²) in [6, 6.07) is 4.82. The Bertz CT molecular complexity index is 590. The molecule has 0 saturated carbocycles. The van der Waals surface area contributed by atoms with Crippen LogP contribution in [0.25, 0.3) is 11.0 Å². The van der Waals surface area contributed by atoms with Gasteiger partial charge in [0.1, 0.15) is 5.75 Å². The summed E-state index contributed by atoms with van der Waals surface area (Å²) in [7, 11) is 0. The summed E-state index contributed by atoms with van der Waals surface area (Å²) in [6.07, 6.45) is 0.690. The number of hydrogen-bond acceptors (Lipinski definition) is 3. The van der Waals surface area contributed by atoms with Crippen molar-refractivity contribution < 1.29 is 5.11 Å². The van der Waals surface area contributed by atoms with Gasteiger partial charge in [0.15, 0.2) is 0 Å².